The van der Waals surface area contributed by atoms with Crippen LogP contribution in [0.3, 0.4) is 0 Å². The van der Waals surface area contributed by atoms with Gasteiger partial charge in [0.15, 0.2) is 8.32 Å². The Morgan fingerprint density at radius 2 is 1.55 bits per heavy atom. The lowest BCUT2D eigenvalue weighted by atomic mass is 10.3. The molecule has 0 aromatic heterocycles. The van der Waals surface area contributed by atoms with Crippen LogP contribution < -0.4 is 0 Å². The molecule has 3 nitrogen and oxygen atoms in total. The van der Waals surface area contributed by atoms with Gasteiger partial charge in [-0.1, -0.05) is 61.3 Å². The number of rotatable bonds is 8. The molecule has 0 saturated carbocycles. The molecular weight excluding hydrogens is 308 g/mol. The number of ether oxygens (including phenoxy) is 1. The summed E-state index contributed by atoms with van der Waals surface area (Å²) in [6.45, 7) is 14.1. The zero-order valence-corrected chi connectivity index (χ0v) is 17.0. The second-order valence-electron chi connectivity index (χ2n) is 6.96. The van der Waals surface area contributed by atoms with E-state index in [9.17, 15) is 4.79 Å². The second kappa shape index (κ2) is 9.76. The molecule has 0 bridgehead atoms. The SMILES string of the molecule is COC(=O)/C=C/C=C/C(=C/C=C/CO[Si](C)(C)C)[Si](C)(C)C. The molecule has 22 heavy (non-hydrogen) atoms. The van der Waals surface area contributed by atoms with Crippen molar-refractivity contribution in [1.29, 1.82) is 0 Å². The molecule has 0 amide bonds. The number of carbonyl (C=O) groups excluding carboxylic acids is 1. The fraction of sp³-hybridized carbons (Fsp3) is 0.471. The fourth-order valence-corrected chi connectivity index (χ4v) is 3.23. The van der Waals surface area contributed by atoms with Gasteiger partial charge in [-0.05, 0) is 19.6 Å². The summed E-state index contributed by atoms with van der Waals surface area (Å²) in [4.78, 5) is 11.0. The Bertz CT molecular complexity index is 461. The molecule has 0 N–H and O–H groups in total. The van der Waals surface area contributed by atoms with Gasteiger partial charge in [0, 0.05) is 6.08 Å². The third-order valence-corrected chi connectivity index (χ3v) is 5.81. The van der Waals surface area contributed by atoms with Gasteiger partial charge in [0.25, 0.3) is 0 Å². The predicted molar refractivity (Wildman–Crippen MR) is 100 cm³/mol. The summed E-state index contributed by atoms with van der Waals surface area (Å²) >= 11 is 0. The first kappa shape index (κ1) is 20.8. The van der Waals surface area contributed by atoms with E-state index in [-0.39, 0.29) is 5.97 Å². The van der Waals surface area contributed by atoms with Crippen LogP contribution >= 0.6 is 0 Å². The van der Waals surface area contributed by atoms with E-state index in [2.05, 4.69) is 68.3 Å². The quantitative estimate of drug-likeness (QED) is 0.283. The molecule has 0 aliphatic rings. The molecule has 0 aromatic carbocycles. The summed E-state index contributed by atoms with van der Waals surface area (Å²) < 4.78 is 10.3. The highest BCUT2D eigenvalue weighted by molar-refractivity contribution is 6.83. The summed E-state index contributed by atoms with van der Waals surface area (Å²) in [5.74, 6) is -0.341. The molecule has 0 saturated heterocycles. The van der Waals surface area contributed by atoms with Gasteiger partial charge in [0.05, 0.1) is 21.8 Å². The average Bonchev–Trinajstić information content (AvgIpc) is 2.37. The Labute approximate surface area is 137 Å². The van der Waals surface area contributed by atoms with Crippen LogP contribution in [0.25, 0.3) is 0 Å². The van der Waals surface area contributed by atoms with Crippen molar-refractivity contribution in [3.05, 3.63) is 47.7 Å². The lowest BCUT2D eigenvalue weighted by Gasteiger charge is -2.17. The van der Waals surface area contributed by atoms with E-state index >= 15 is 0 Å². The summed E-state index contributed by atoms with van der Waals surface area (Å²) in [5.41, 5.74) is 0. The molecule has 0 rings (SSSR count). The first-order chi connectivity index (χ1) is 10.1. The molecule has 0 radical (unpaired) electrons. The van der Waals surface area contributed by atoms with Crippen molar-refractivity contribution in [3.63, 3.8) is 0 Å². The summed E-state index contributed by atoms with van der Waals surface area (Å²) in [6.07, 6.45) is 13.3. The molecule has 0 unspecified atom stereocenters. The summed E-state index contributed by atoms with van der Waals surface area (Å²) in [7, 11) is -1.50. The number of carbonyl (C=O) groups is 1. The zero-order chi connectivity index (χ0) is 17.2. The molecule has 0 spiro atoms. The van der Waals surface area contributed by atoms with Crippen LogP contribution in [0.5, 0.6) is 0 Å². The van der Waals surface area contributed by atoms with Crippen LogP contribution in [0.4, 0.5) is 0 Å². The van der Waals surface area contributed by atoms with Crippen LogP contribution in [0, 0.1) is 0 Å². The lowest BCUT2D eigenvalue weighted by molar-refractivity contribution is -0.134. The highest BCUT2D eigenvalue weighted by Gasteiger charge is 2.16. The van der Waals surface area contributed by atoms with Crippen LogP contribution in [0.2, 0.25) is 39.3 Å². The van der Waals surface area contributed by atoms with Crippen molar-refractivity contribution in [2.45, 2.75) is 39.3 Å². The maximum atomic E-state index is 11.0. The molecule has 0 heterocycles. The van der Waals surface area contributed by atoms with E-state index in [1.165, 1.54) is 18.4 Å². The molecule has 0 aliphatic carbocycles. The molecule has 0 aromatic rings. The minimum absolute atomic E-state index is 0.341. The largest absolute Gasteiger partial charge is 0.466 e. The number of hydrogen-bond donors (Lipinski definition) is 0. The third kappa shape index (κ3) is 11.5. The van der Waals surface area contributed by atoms with E-state index < -0.39 is 16.4 Å². The van der Waals surface area contributed by atoms with Crippen molar-refractivity contribution in [2.75, 3.05) is 13.7 Å². The van der Waals surface area contributed by atoms with E-state index in [0.717, 1.165) is 0 Å². The maximum Gasteiger partial charge on any atom is 0.330 e. The molecule has 124 valence electrons. The van der Waals surface area contributed by atoms with E-state index in [0.29, 0.717) is 6.61 Å². The second-order valence-corrected chi connectivity index (χ2v) is 16.6. The zero-order valence-electron chi connectivity index (χ0n) is 15.0. The highest BCUT2D eigenvalue weighted by atomic mass is 28.4. The van der Waals surface area contributed by atoms with E-state index in [4.69, 9.17) is 4.43 Å². The van der Waals surface area contributed by atoms with Gasteiger partial charge >= 0.3 is 5.97 Å². The number of hydrogen-bond acceptors (Lipinski definition) is 3. The van der Waals surface area contributed by atoms with Crippen molar-refractivity contribution in [1.82, 2.24) is 0 Å². The van der Waals surface area contributed by atoms with E-state index in [1.807, 2.05) is 6.08 Å². The third-order valence-electron chi connectivity index (χ3n) is 2.71. The average molecular weight is 339 g/mol. The summed E-state index contributed by atoms with van der Waals surface area (Å²) in [5, 5.41) is 1.31. The highest BCUT2D eigenvalue weighted by Crippen LogP contribution is 2.16. The fourth-order valence-electron chi connectivity index (χ4n) is 1.44. The number of esters is 1. The van der Waals surface area contributed by atoms with Gasteiger partial charge < -0.3 is 9.16 Å². The first-order valence-corrected chi connectivity index (χ1v) is 14.4. The Morgan fingerprint density at radius 1 is 0.955 bits per heavy atom. The maximum absolute atomic E-state index is 11.0. The van der Waals surface area contributed by atoms with Gasteiger partial charge in [-0.25, -0.2) is 4.79 Å². The standard InChI is InChI=1S/C17H30O3Si2/c1-19-17(18)14-9-8-12-16(21(2,3)4)13-10-11-15-20-22(5,6)7/h8-14H,15H2,1-7H3/b11-10+,12-8+,14-9+,16-13-. The monoisotopic (exact) mass is 338 g/mol. The van der Waals surface area contributed by atoms with Gasteiger partial charge in [-0.3, -0.25) is 0 Å². The Morgan fingerprint density at radius 3 is 2.05 bits per heavy atom. The Balaban J connectivity index is 4.75. The van der Waals surface area contributed by atoms with Gasteiger partial charge in [-0.2, -0.15) is 0 Å². The number of methoxy groups -OCH3 is 1. The molecule has 5 heteroatoms. The van der Waals surface area contributed by atoms with E-state index in [1.54, 1.807) is 6.08 Å². The normalized spacial score (nSPS) is 14.4. The molecule has 0 aliphatic heterocycles. The topological polar surface area (TPSA) is 35.5 Å². The van der Waals surface area contributed by atoms with Crippen molar-refractivity contribution in [3.8, 4) is 0 Å². The Kier molecular flexibility index (Phi) is 9.24. The minimum atomic E-state index is -1.44. The summed E-state index contributed by atoms with van der Waals surface area (Å²) in [6, 6.07) is 0. The first-order valence-electron chi connectivity index (χ1n) is 7.50. The van der Waals surface area contributed by atoms with Gasteiger partial charge in [-0.15, -0.1) is 0 Å². The van der Waals surface area contributed by atoms with Crippen LogP contribution in [-0.4, -0.2) is 36.1 Å². The van der Waals surface area contributed by atoms with Crippen LogP contribution in [0.1, 0.15) is 0 Å². The minimum Gasteiger partial charge on any atom is -0.466 e. The Hall–Kier alpha value is -1.18. The number of allylic oxidation sites excluding steroid dienone is 6. The van der Waals surface area contributed by atoms with Crippen molar-refractivity contribution >= 4 is 22.4 Å². The van der Waals surface area contributed by atoms with Crippen molar-refractivity contribution < 1.29 is 14.0 Å². The lowest BCUT2D eigenvalue weighted by Crippen LogP contribution is -2.25. The van der Waals surface area contributed by atoms with Gasteiger partial charge in [0.2, 0.25) is 0 Å². The predicted octanol–water partition coefficient (Wildman–Crippen LogP) is 4.48. The van der Waals surface area contributed by atoms with Crippen LogP contribution in [-0.2, 0) is 14.0 Å². The smallest absolute Gasteiger partial charge is 0.330 e. The van der Waals surface area contributed by atoms with Crippen molar-refractivity contribution in [2.24, 2.45) is 0 Å². The van der Waals surface area contributed by atoms with Crippen LogP contribution in [0.15, 0.2) is 47.7 Å². The molecule has 0 atom stereocenters. The molecule has 0 fully saturated rings. The van der Waals surface area contributed by atoms with Gasteiger partial charge in [0.1, 0.15) is 0 Å². The molecular formula is C17H30O3Si2.